The Morgan fingerprint density at radius 3 is 2.79 bits per heavy atom. The molecule has 0 unspecified atom stereocenters. The largest absolute Gasteiger partial charge is 0.460 e. The van der Waals surface area contributed by atoms with E-state index in [4.69, 9.17) is 9.15 Å². The highest BCUT2D eigenvalue weighted by atomic mass is 16.5. The molecule has 3 aliphatic rings. The van der Waals surface area contributed by atoms with Crippen LogP contribution in [0.3, 0.4) is 0 Å². The van der Waals surface area contributed by atoms with Crippen LogP contribution < -0.4 is 0 Å². The average molecular weight is 324 g/mol. The third kappa shape index (κ3) is 1.44. The first-order chi connectivity index (χ1) is 11.4. The maximum atomic E-state index is 12.9. The second-order valence-electron chi connectivity index (χ2n) is 7.14. The van der Waals surface area contributed by atoms with Gasteiger partial charge < -0.3 is 14.3 Å². The molecule has 0 fully saturated rings. The number of aliphatic hydroxyl groups is 1. The molecule has 0 saturated heterocycles. The van der Waals surface area contributed by atoms with Crippen LogP contribution >= 0.6 is 0 Å². The smallest absolute Gasteiger partial charge is 0.339 e. The van der Waals surface area contributed by atoms with Gasteiger partial charge in [0.25, 0.3) is 0 Å². The van der Waals surface area contributed by atoms with E-state index in [-0.39, 0.29) is 23.6 Å². The van der Waals surface area contributed by atoms with Gasteiger partial charge in [-0.3, -0.25) is 4.79 Å². The summed E-state index contributed by atoms with van der Waals surface area (Å²) in [6.45, 7) is 3.92. The molecule has 1 N–H and O–H groups in total. The molecule has 1 aromatic heterocycles. The summed E-state index contributed by atoms with van der Waals surface area (Å²) < 4.78 is 10.8. The minimum Gasteiger partial charge on any atom is -0.460 e. The van der Waals surface area contributed by atoms with Gasteiger partial charge in [0.05, 0.1) is 17.9 Å². The molecule has 0 amide bonds. The van der Waals surface area contributed by atoms with Crippen molar-refractivity contribution in [1.29, 1.82) is 0 Å². The maximum absolute atomic E-state index is 12.9. The SMILES string of the molecule is C[C@@H]1OC(=O)c2cc3c(cc21)[C@]1(C)CC[C@H](O)c2coc(c21)C3=O. The first-order valence-corrected chi connectivity index (χ1v) is 8.16. The number of cyclic esters (lactones) is 1. The molecule has 3 atom stereocenters. The first-order valence-electron chi connectivity index (χ1n) is 8.16. The van der Waals surface area contributed by atoms with Crippen LogP contribution in [0.1, 0.15) is 87.6 Å². The number of hydrogen-bond acceptors (Lipinski definition) is 5. The Morgan fingerprint density at radius 2 is 2.00 bits per heavy atom. The van der Waals surface area contributed by atoms with Gasteiger partial charge in [0, 0.05) is 27.7 Å². The number of benzene rings is 1. The maximum Gasteiger partial charge on any atom is 0.339 e. The molecule has 1 aromatic carbocycles. The van der Waals surface area contributed by atoms with Crippen LogP contribution in [-0.4, -0.2) is 16.9 Å². The van der Waals surface area contributed by atoms with E-state index in [9.17, 15) is 14.7 Å². The van der Waals surface area contributed by atoms with Gasteiger partial charge in [-0.1, -0.05) is 6.92 Å². The molecule has 2 aromatic rings. The summed E-state index contributed by atoms with van der Waals surface area (Å²) in [4.78, 5) is 24.9. The van der Waals surface area contributed by atoms with Crippen LogP contribution in [0.25, 0.3) is 0 Å². The quantitative estimate of drug-likeness (QED) is 0.753. The van der Waals surface area contributed by atoms with Gasteiger partial charge in [-0.25, -0.2) is 4.79 Å². The Labute approximate surface area is 138 Å². The number of hydrogen-bond donors (Lipinski definition) is 1. The van der Waals surface area contributed by atoms with Crippen LogP contribution in [0.2, 0.25) is 0 Å². The van der Waals surface area contributed by atoms with Crippen LogP contribution in [0.15, 0.2) is 22.8 Å². The summed E-state index contributed by atoms with van der Waals surface area (Å²) in [6.07, 6.45) is 1.92. The zero-order valence-electron chi connectivity index (χ0n) is 13.4. The summed E-state index contributed by atoms with van der Waals surface area (Å²) in [7, 11) is 0. The molecule has 5 rings (SSSR count). The van der Waals surface area contributed by atoms with Crippen molar-refractivity contribution in [2.75, 3.05) is 0 Å². The lowest BCUT2D eigenvalue weighted by atomic mass is 9.62. The summed E-state index contributed by atoms with van der Waals surface area (Å²) in [5.74, 6) is -0.325. The van der Waals surface area contributed by atoms with E-state index >= 15 is 0 Å². The lowest BCUT2D eigenvalue weighted by Gasteiger charge is -2.40. The second-order valence-corrected chi connectivity index (χ2v) is 7.14. The van der Waals surface area contributed by atoms with Gasteiger partial charge >= 0.3 is 5.97 Å². The number of fused-ring (bicyclic) bond motifs is 3. The topological polar surface area (TPSA) is 76.7 Å². The Hall–Kier alpha value is -2.40. The Morgan fingerprint density at radius 1 is 1.21 bits per heavy atom. The van der Waals surface area contributed by atoms with Crippen LogP contribution in [0, 0.1) is 0 Å². The molecule has 5 heteroatoms. The van der Waals surface area contributed by atoms with Crippen molar-refractivity contribution in [1.82, 2.24) is 0 Å². The average Bonchev–Trinajstić information content (AvgIpc) is 3.12. The molecule has 0 saturated carbocycles. The molecule has 2 aliphatic carbocycles. The fourth-order valence-electron chi connectivity index (χ4n) is 4.51. The van der Waals surface area contributed by atoms with E-state index in [0.717, 1.165) is 23.1 Å². The summed E-state index contributed by atoms with van der Waals surface area (Å²) in [5.41, 5.74) is 3.80. The number of ether oxygens (including phenoxy) is 1. The molecule has 0 radical (unpaired) electrons. The van der Waals surface area contributed by atoms with Crippen LogP contribution in [0.4, 0.5) is 0 Å². The Kier molecular flexibility index (Phi) is 2.43. The van der Waals surface area contributed by atoms with E-state index in [2.05, 4.69) is 6.92 Å². The molecular formula is C19H16O5. The van der Waals surface area contributed by atoms with Crippen LogP contribution in [-0.2, 0) is 10.2 Å². The van der Waals surface area contributed by atoms with Crippen molar-refractivity contribution in [2.24, 2.45) is 0 Å². The highest BCUT2D eigenvalue weighted by Crippen LogP contribution is 2.53. The predicted octanol–water partition coefficient (Wildman–Crippen LogP) is 3.19. The van der Waals surface area contributed by atoms with Gasteiger partial charge in [-0.15, -0.1) is 0 Å². The number of aliphatic hydroxyl groups excluding tert-OH is 1. The number of rotatable bonds is 0. The Balaban J connectivity index is 1.84. The van der Waals surface area contributed by atoms with Gasteiger partial charge in [0.1, 0.15) is 6.10 Å². The fourth-order valence-corrected chi connectivity index (χ4v) is 4.51. The van der Waals surface area contributed by atoms with Crippen LogP contribution in [0.5, 0.6) is 0 Å². The summed E-state index contributed by atoms with van der Waals surface area (Å²) >= 11 is 0. The number of carbonyl (C=O) groups is 2. The standard InChI is InChI=1S/C19H16O5/c1-8-9-6-13-11(5-10(9)18(22)24-8)16(21)17-15-12(7-23-17)14(20)3-4-19(13,15)2/h5-8,14,20H,3-4H2,1-2H3/t8-,14-,19-/m0/s1. The first kappa shape index (κ1) is 14.0. The molecule has 0 spiro atoms. The summed E-state index contributed by atoms with van der Waals surface area (Å²) in [5, 5.41) is 10.3. The lowest BCUT2D eigenvalue weighted by molar-refractivity contribution is 0.0421. The Bertz CT molecular complexity index is 937. The highest BCUT2D eigenvalue weighted by Gasteiger charge is 2.49. The van der Waals surface area contributed by atoms with Crippen molar-refractivity contribution in [3.8, 4) is 0 Å². The number of carbonyl (C=O) groups excluding carboxylic acids is 2. The fraction of sp³-hybridized carbons (Fsp3) is 0.368. The van der Waals surface area contributed by atoms with Crippen molar-refractivity contribution in [3.63, 3.8) is 0 Å². The van der Waals surface area contributed by atoms with Crippen molar-refractivity contribution >= 4 is 11.8 Å². The third-order valence-corrected chi connectivity index (χ3v) is 5.82. The number of esters is 1. The molecule has 122 valence electrons. The lowest BCUT2D eigenvalue weighted by Crippen LogP contribution is -2.36. The van der Waals surface area contributed by atoms with E-state index in [1.54, 1.807) is 6.07 Å². The van der Waals surface area contributed by atoms with Crippen molar-refractivity contribution in [2.45, 2.75) is 44.3 Å². The second kappa shape index (κ2) is 4.16. The highest BCUT2D eigenvalue weighted by molar-refractivity contribution is 6.13. The molecular weight excluding hydrogens is 308 g/mol. The van der Waals surface area contributed by atoms with Crippen molar-refractivity contribution < 1.29 is 23.8 Å². The van der Waals surface area contributed by atoms with E-state index < -0.39 is 11.5 Å². The van der Waals surface area contributed by atoms with Gasteiger partial charge in [-0.2, -0.15) is 0 Å². The van der Waals surface area contributed by atoms with Gasteiger partial charge in [0.15, 0.2) is 5.76 Å². The number of ketones is 1. The predicted molar refractivity (Wildman–Crippen MR) is 83.1 cm³/mol. The molecule has 24 heavy (non-hydrogen) atoms. The minimum absolute atomic E-state index is 0.229. The zero-order chi connectivity index (χ0) is 16.8. The summed E-state index contributed by atoms with van der Waals surface area (Å²) in [6, 6.07) is 3.59. The molecule has 5 nitrogen and oxygen atoms in total. The molecule has 2 heterocycles. The monoisotopic (exact) mass is 324 g/mol. The van der Waals surface area contributed by atoms with Gasteiger partial charge in [-0.05, 0) is 37.5 Å². The third-order valence-electron chi connectivity index (χ3n) is 5.82. The number of furan rings is 1. The molecule has 0 bridgehead atoms. The van der Waals surface area contributed by atoms with E-state index in [1.165, 1.54) is 6.26 Å². The minimum atomic E-state index is -0.599. The van der Waals surface area contributed by atoms with Gasteiger partial charge in [0.2, 0.25) is 5.78 Å². The van der Waals surface area contributed by atoms with E-state index in [0.29, 0.717) is 23.1 Å². The van der Waals surface area contributed by atoms with Crippen molar-refractivity contribution in [3.05, 3.63) is 57.5 Å². The zero-order valence-corrected chi connectivity index (χ0v) is 13.4. The van der Waals surface area contributed by atoms with E-state index in [1.807, 2.05) is 13.0 Å². The normalized spacial score (nSPS) is 29.8. The molecule has 1 aliphatic heterocycles.